The molecule has 0 aliphatic rings. The maximum Gasteiger partial charge on any atom is 0.250 e. The third-order valence-corrected chi connectivity index (χ3v) is 4.04. The predicted molar refractivity (Wildman–Crippen MR) is 94.9 cm³/mol. The SMILES string of the molecule is CC(CCn1ccccc1=O)C(=O)Nc1cccc2cccnc12. The second kappa shape index (κ2) is 7.08. The monoisotopic (exact) mass is 321 g/mol. The minimum atomic E-state index is -0.212. The van der Waals surface area contributed by atoms with Crippen LogP contribution in [0.4, 0.5) is 5.69 Å². The molecule has 0 aliphatic heterocycles. The fraction of sp³-hybridized carbons (Fsp3) is 0.211. The molecule has 5 nitrogen and oxygen atoms in total. The summed E-state index contributed by atoms with van der Waals surface area (Å²) in [6, 6.07) is 14.6. The van der Waals surface area contributed by atoms with Crippen molar-refractivity contribution in [3.8, 4) is 0 Å². The van der Waals surface area contributed by atoms with E-state index in [2.05, 4.69) is 10.3 Å². The molecule has 0 saturated heterocycles. The largest absolute Gasteiger partial charge is 0.324 e. The van der Waals surface area contributed by atoms with E-state index in [1.54, 1.807) is 23.0 Å². The van der Waals surface area contributed by atoms with Crippen LogP contribution < -0.4 is 10.9 Å². The van der Waals surface area contributed by atoms with Gasteiger partial charge in [0.05, 0.1) is 11.2 Å². The first-order valence-electron chi connectivity index (χ1n) is 7.95. The molecule has 0 fully saturated rings. The molecule has 3 rings (SSSR count). The summed E-state index contributed by atoms with van der Waals surface area (Å²) >= 11 is 0. The van der Waals surface area contributed by atoms with Gasteiger partial charge in [0.25, 0.3) is 0 Å². The molecule has 122 valence electrons. The second-order valence-electron chi connectivity index (χ2n) is 5.79. The molecule has 0 aliphatic carbocycles. The van der Waals surface area contributed by atoms with Crippen LogP contribution in [0.1, 0.15) is 13.3 Å². The molecule has 2 heterocycles. The fourth-order valence-electron chi connectivity index (χ4n) is 2.57. The van der Waals surface area contributed by atoms with Gasteiger partial charge in [0.1, 0.15) is 0 Å². The number of benzene rings is 1. The number of fused-ring (bicyclic) bond motifs is 1. The summed E-state index contributed by atoms with van der Waals surface area (Å²) in [6.45, 7) is 2.38. The molecule has 1 amide bonds. The topological polar surface area (TPSA) is 64.0 Å². The quantitative estimate of drug-likeness (QED) is 0.785. The van der Waals surface area contributed by atoms with E-state index in [4.69, 9.17) is 0 Å². The van der Waals surface area contributed by atoms with Crippen molar-refractivity contribution in [2.24, 2.45) is 5.92 Å². The molecule has 3 aromatic rings. The van der Waals surface area contributed by atoms with Crippen molar-refractivity contribution in [2.75, 3.05) is 5.32 Å². The average molecular weight is 321 g/mol. The Morgan fingerprint density at radius 2 is 2.00 bits per heavy atom. The highest BCUT2D eigenvalue weighted by Crippen LogP contribution is 2.21. The first kappa shape index (κ1) is 15.9. The number of carbonyl (C=O) groups is 1. The minimum Gasteiger partial charge on any atom is -0.324 e. The lowest BCUT2D eigenvalue weighted by molar-refractivity contribution is -0.119. The Morgan fingerprint density at radius 1 is 1.17 bits per heavy atom. The summed E-state index contributed by atoms with van der Waals surface area (Å²) in [6.07, 6.45) is 4.04. The molecule has 24 heavy (non-hydrogen) atoms. The number of carbonyl (C=O) groups excluding carboxylic acids is 1. The number of nitrogens with zero attached hydrogens (tertiary/aromatic N) is 2. The zero-order chi connectivity index (χ0) is 16.9. The van der Waals surface area contributed by atoms with E-state index >= 15 is 0 Å². The number of aryl methyl sites for hydroxylation is 1. The van der Waals surface area contributed by atoms with Crippen molar-refractivity contribution in [1.29, 1.82) is 0 Å². The molecule has 0 spiro atoms. The van der Waals surface area contributed by atoms with Crippen molar-refractivity contribution in [3.63, 3.8) is 0 Å². The Labute approximate surface area is 140 Å². The summed E-state index contributed by atoms with van der Waals surface area (Å²) in [5.41, 5.74) is 1.44. The van der Waals surface area contributed by atoms with Gasteiger partial charge >= 0.3 is 0 Å². The van der Waals surface area contributed by atoms with Crippen LogP contribution in [-0.2, 0) is 11.3 Å². The van der Waals surface area contributed by atoms with Gasteiger partial charge in [-0.1, -0.05) is 31.2 Å². The molecule has 1 unspecified atom stereocenters. The number of pyridine rings is 2. The minimum absolute atomic E-state index is 0.0524. The van der Waals surface area contributed by atoms with E-state index in [-0.39, 0.29) is 17.4 Å². The van der Waals surface area contributed by atoms with Crippen LogP contribution >= 0.6 is 0 Å². The third-order valence-electron chi connectivity index (χ3n) is 4.04. The number of hydrogen-bond donors (Lipinski definition) is 1. The first-order chi connectivity index (χ1) is 11.6. The van der Waals surface area contributed by atoms with Crippen molar-refractivity contribution < 1.29 is 4.79 Å². The van der Waals surface area contributed by atoms with Gasteiger partial charge in [0.15, 0.2) is 0 Å². The molecule has 1 atom stereocenters. The summed E-state index contributed by atoms with van der Waals surface area (Å²) in [5.74, 6) is -0.284. The molecule has 1 aromatic carbocycles. The zero-order valence-corrected chi connectivity index (χ0v) is 13.5. The number of aromatic nitrogens is 2. The lowest BCUT2D eigenvalue weighted by Gasteiger charge is -2.14. The molecule has 2 aromatic heterocycles. The molecule has 0 saturated carbocycles. The Kier molecular flexibility index (Phi) is 4.70. The molecule has 0 radical (unpaired) electrons. The fourth-order valence-corrected chi connectivity index (χ4v) is 2.57. The van der Waals surface area contributed by atoms with Crippen LogP contribution in [0.3, 0.4) is 0 Å². The van der Waals surface area contributed by atoms with Crippen LogP contribution in [-0.4, -0.2) is 15.5 Å². The van der Waals surface area contributed by atoms with E-state index in [0.29, 0.717) is 18.7 Å². The van der Waals surface area contributed by atoms with Gasteiger partial charge in [-0.05, 0) is 24.6 Å². The van der Waals surface area contributed by atoms with Gasteiger partial charge in [-0.15, -0.1) is 0 Å². The number of amides is 1. The Bertz CT molecular complexity index is 912. The lowest BCUT2D eigenvalue weighted by atomic mass is 10.1. The molecule has 0 bridgehead atoms. The highest BCUT2D eigenvalue weighted by Gasteiger charge is 2.14. The van der Waals surface area contributed by atoms with Crippen LogP contribution in [0.25, 0.3) is 10.9 Å². The number of nitrogens with one attached hydrogen (secondary N) is 1. The smallest absolute Gasteiger partial charge is 0.250 e. The third kappa shape index (κ3) is 3.51. The van der Waals surface area contributed by atoms with Crippen molar-refractivity contribution >= 4 is 22.5 Å². The van der Waals surface area contributed by atoms with Gasteiger partial charge in [0.2, 0.25) is 11.5 Å². The number of anilines is 1. The zero-order valence-electron chi connectivity index (χ0n) is 13.5. The van der Waals surface area contributed by atoms with E-state index in [0.717, 1.165) is 10.9 Å². The maximum atomic E-state index is 12.4. The van der Waals surface area contributed by atoms with Crippen LogP contribution in [0.2, 0.25) is 0 Å². The number of hydrogen-bond acceptors (Lipinski definition) is 3. The Morgan fingerprint density at radius 3 is 2.83 bits per heavy atom. The van der Waals surface area contributed by atoms with Gasteiger partial charge in [-0.2, -0.15) is 0 Å². The molecule has 5 heteroatoms. The molecular weight excluding hydrogens is 302 g/mol. The van der Waals surface area contributed by atoms with E-state index in [1.165, 1.54) is 6.07 Å². The highest BCUT2D eigenvalue weighted by molar-refractivity contribution is 6.00. The van der Waals surface area contributed by atoms with Crippen molar-refractivity contribution in [1.82, 2.24) is 9.55 Å². The normalized spacial score (nSPS) is 12.0. The van der Waals surface area contributed by atoms with E-state index in [1.807, 2.05) is 43.3 Å². The summed E-state index contributed by atoms with van der Waals surface area (Å²) < 4.78 is 1.61. The molecular formula is C19H19N3O2. The van der Waals surface area contributed by atoms with Gasteiger partial charge < -0.3 is 9.88 Å². The summed E-state index contributed by atoms with van der Waals surface area (Å²) in [4.78, 5) is 28.5. The highest BCUT2D eigenvalue weighted by atomic mass is 16.2. The van der Waals surface area contributed by atoms with Crippen LogP contribution in [0.5, 0.6) is 0 Å². The van der Waals surface area contributed by atoms with Gasteiger partial charge in [-0.3, -0.25) is 14.6 Å². The number of para-hydroxylation sites is 1. The number of rotatable bonds is 5. The molecule has 1 N–H and O–H groups in total. The van der Waals surface area contributed by atoms with E-state index in [9.17, 15) is 9.59 Å². The summed E-state index contributed by atoms with van der Waals surface area (Å²) in [5, 5.41) is 3.93. The van der Waals surface area contributed by atoms with Gasteiger partial charge in [-0.25, -0.2) is 0 Å². The summed E-state index contributed by atoms with van der Waals surface area (Å²) in [7, 11) is 0. The van der Waals surface area contributed by atoms with Crippen molar-refractivity contribution in [2.45, 2.75) is 19.9 Å². The standard InChI is InChI=1S/C19H19N3O2/c1-14(10-13-22-12-3-2-9-17(22)23)19(24)21-16-8-4-6-15-7-5-11-20-18(15)16/h2-9,11-12,14H,10,13H2,1H3,(H,21,24). The van der Waals surface area contributed by atoms with Crippen LogP contribution in [0, 0.1) is 5.92 Å². The lowest BCUT2D eigenvalue weighted by Crippen LogP contribution is -2.24. The second-order valence-corrected chi connectivity index (χ2v) is 5.79. The predicted octanol–water partition coefficient (Wildman–Crippen LogP) is 3.06. The maximum absolute atomic E-state index is 12.4. The van der Waals surface area contributed by atoms with Crippen molar-refractivity contribution in [3.05, 3.63) is 71.3 Å². The Balaban J connectivity index is 1.68. The Hall–Kier alpha value is -2.95. The van der Waals surface area contributed by atoms with Gasteiger partial charge in [0, 0.05) is 36.3 Å². The first-order valence-corrected chi connectivity index (χ1v) is 7.95. The van der Waals surface area contributed by atoms with E-state index < -0.39 is 0 Å². The van der Waals surface area contributed by atoms with Crippen LogP contribution in [0.15, 0.2) is 65.7 Å². The average Bonchev–Trinajstić information content (AvgIpc) is 2.61.